The standard InChI is InChI=1S/C16H24N4/c1-12(2)11-20(10-6-9-17)16-15-8-5-4-7-14(15)13(3)18-19-16/h4-5,7-8,12H,6,9-11,17H2,1-3H3. The van der Waals surface area contributed by atoms with Gasteiger partial charge in [0.15, 0.2) is 5.82 Å². The number of hydrogen-bond acceptors (Lipinski definition) is 4. The van der Waals surface area contributed by atoms with Gasteiger partial charge in [-0.3, -0.25) is 0 Å². The van der Waals surface area contributed by atoms with E-state index in [4.69, 9.17) is 5.73 Å². The van der Waals surface area contributed by atoms with Crippen molar-refractivity contribution in [1.82, 2.24) is 10.2 Å². The Balaban J connectivity index is 2.44. The fraction of sp³-hybridized carbons (Fsp3) is 0.500. The van der Waals surface area contributed by atoms with Crippen LogP contribution in [0.5, 0.6) is 0 Å². The third-order valence-corrected chi connectivity index (χ3v) is 3.37. The molecule has 0 fully saturated rings. The molecule has 1 heterocycles. The zero-order valence-corrected chi connectivity index (χ0v) is 12.6. The van der Waals surface area contributed by atoms with Gasteiger partial charge in [0.25, 0.3) is 0 Å². The van der Waals surface area contributed by atoms with Crippen molar-refractivity contribution in [3.63, 3.8) is 0 Å². The van der Waals surface area contributed by atoms with E-state index < -0.39 is 0 Å². The zero-order chi connectivity index (χ0) is 14.5. The fourth-order valence-corrected chi connectivity index (χ4v) is 2.46. The molecule has 20 heavy (non-hydrogen) atoms. The number of aromatic nitrogens is 2. The van der Waals surface area contributed by atoms with Crippen LogP contribution < -0.4 is 10.6 Å². The topological polar surface area (TPSA) is 55.0 Å². The smallest absolute Gasteiger partial charge is 0.159 e. The van der Waals surface area contributed by atoms with Gasteiger partial charge < -0.3 is 10.6 Å². The van der Waals surface area contributed by atoms with Crippen molar-refractivity contribution < 1.29 is 0 Å². The Kier molecular flexibility index (Phi) is 4.90. The summed E-state index contributed by atoms with van der Waals surface area (Å²) >= 11 is 0. The molecule has 108 valence electrons. The zero-order valence-electron chi connectivity index (χ0n) is 12.6. The summed E-state index contributed by atoms with van der Waals surface area (Å²) in [6, 6.07) is 8.35. The van der Waals surface area contributed by atoms with E-state index in [2.05, 4.69) is 47.1 Å². The quantitative estimate of drug-likeness (QED) is 0.878. The third kappa shape index (κ3) is 3.25. The molecule has 0 aliphatic rings. The van der Waals surface area contributed by atoms with Gasteiger partial charge in [0.2, 0.25) is 0 Å². The maximum atomic E-state index is 5.66. The summed E-state index contributed by atoms with van der Waals surface area (Å²) in [6.07, 6.45) is 0.969. The van der Waals surface area contributed by atoms with Crippen LogP contribution in [0.25, 0.3) is 10.8 Å². The average molecular weight is 272 g/mol. The van der Waals surface area contributed by atoms with Crippen LogP contribution in [-0.2, 0) is 0 Å². The third-order valence-electron chi connectivity index (χ3n) is 3.37. The number of nitrogens with zero attached hydrogens (tertiary/aromatic N) is 3. The highest BCUT2D eigenvalue weighted by Gasteiger charge is 2.14. The molecule has 0 saturated heterocycles. The minimum Gasteiger partial charge on any atom is -0.354 e. The molecule has 2 N–H and O–H groups in total. The van der Waals surface area contributed by atoms with Crippen LogP contribution in [0.2, 0.25) is 0 Å². The van der Waals surface area contributed by atoms with Crippen LogP contribution in [0.1, 0.15) is 26.0 Å². The van der Waals surface area contributed by atoms with Gasteiger partial charge in [0, 0.05) is 23.9 Å². The van der Waals surface area contributed by atoms with Crippen LogP contribution in [0.4, 0.5) is 5.82 Å². The molecule has 2 aromatic rings. The van der Waals surface area contributed by atoms with E-state index in [0.29, 0.717) is 12.5 Å². The fourth-order valence-electron chi connectivity index (χ4n) is 2.46. The summed E-state index contributed by atoms with van der Waals surface area (Å²) in [6.45, 7) is 9.05. The highest BCUT2D eigenvalue weighted by molar-refractivity contribution is 5.93. The number of benzene rings is 1. The molecule has 0 bridgehead atoms. The van der Waals surface area contributed by atoms with Crippen molar-refractivity contribution in [1.29, 1.82) is 0 Å². The van der Waals surface area contributed by atoms with E-state index in [1.54, 1.807) is 0 Å². The van der Waals surface area contributed by atoms with E-state index >= 15 is 0 Å². The largest absolute Gasteiger partial charge is 0.354 e. The second-order valence-electron chi connectivity index (χ2n) is 5.64. The Morgan fingerprint density at radius 1 is 1.15 bits per heavy atom. The monoisotopic (exact) mass is 272 g/mol. The molecule has 0 saturated carbocycles. The molecule has 0 radical (unpaired) electrons. The second-order valence-corrected chi connectivity index (χ2v) is 5.64. The lowest BCUT2D eigenvalue weighted by molar-refractivity contribution is 0.595. The molecule has 0 atom stereocenters. The Hall–Kier alpha value is -1.68. The molecule has 0 spiro atoms. The maximum Gasteiger partial charge on any atom is 0.159 e. The first-order chi connectivity index (χ1) is 9.63. The normalized spacial score (nSPS) is 11.2. The summed E-state index contributed by atoms with van der Waals surface area (Å²) in [5.41, 5.74) is 6.64. The number of aryl methyl sites for hydroxylation is 1. The van der Waals surface area contributed by atoms with Gasteiger partial charge in [-0.1, -0.05) is 38.1 Å². The lowest BCUT2D eigenvalue weighted by Gasteiger charge is -2.26. The number of nitrogens with two attached hydrogens (primary N) is 1. The summed E-state index contributed by atoms with van der Waals surface area (Å²) in [4.78, 5) is 2.31. The SMILES string of the molecule is Cc1nnc(N(CCCN)CC(C)C)c2ccccc12. The van der Waals surface area contributed by atoms with Crippen LogP contribution in [-0.4, -0.2) is 29.8 Å². The molecule has 4 nitrogen and oxygen atoms in total. The van der Waals surface area contributed by atoms with Crippen molar-refractivity contribution in [2.45, 2.75) is 27.2 Å². The molecular formula is C16H24N4. The lowest BCUT2D eigenvalue weighted by Crippen LogP contribution is -2.31. The van der Waals surface area contributed by atoms with Gasteiger partial charge in [-0.2, -0.15) is 5.10 Å². The van der Waals surface area contributed by atoms with Gasteiger partial charge in [-0.05, 0) is 25.8 Å². The summed E-state index contributed by atoms with van der Waals surface area (Å²) in [7, 11) is 0. The highest BCUT2D eigenvalue weighted by Crippen LogP contribution is 2.26. The summed E-state index contributed by atoms with van der Waals surface area (Å²) in [5, 5.41) is 11.1. The van der Waals surface area contributed by atoms with Crippen molar-refractivity contribution in [3.05, 3.63) is 30.0 Å². The minimum atomic E-state index is 0.578. The number of fused-ring (bicyclic) bond motifs is 1. The molecule has 2 rings (SSSR count). The van der Waals surface area contributed by atoms with E-state index in [0.717, 1.165) is 31.0 Å². The van der Waals surface area contributed by atoms with Gasteiger partial charge in [-0.25, -0.2) is 0 Å². The first-order valence-electron chi connectivity index (χ1n) is 7.30. The van der Waals surface area contributed by atoms with Gasteiger partial charge in [-0.15, -0.1) is 5.10 Å². The highest BCUT2D eigenvalue weighted by atomic mass is 15.3. The van der Waals surface area contributed by atoms with Gasteiger partial charge in [0.1, 0.15) is 0 Å². The Bertz CT molecular complexity index is 565. The van der Waals surface area contributed by atoms with Crippen LogP contribution in [0.15, 0.2) is 24.3 Å². The molecule has 0 aliphatic carbocycles. The van der Waals surface area contributed by atoms with Gasteiger partial charge in [0.05, 0.1) is 5.69 Å². The average Bonchev–Trinajstić information content (AvgIpc) is 2.44. The van der Waals surface area contributed by atoms with Crippen molar-refractivity contribution in [2.24, 2.45) is 11.7 Å². The maximum absolute atomic E-state index is 5.66. The van der Waals surface area contributed by atoms with Crippen molar-refractivity contribution in [2.75, 3.05) is 24.5 Å². The van der Waals surface area contributed by atoms with Crippen LogP contribution in [0, 0.1) is 12.8 Å². The molecule has 0 aliphatic heterocycles. The van der Waals surface area contributed by atoms with E-state index in [9.17, 15) is 0 Å². The number of hydrogen-bond donors (Lipinski definition) is 1. The molecule has 1 aromatic heterocycles. The first-order valence-corrected chi connectivity index (χ1v) is 7.30. The molecule has 4 heteroatoms. The number of anilines is 1. The Labute approximate surface area is 121 Å². The van der Waals surface area contributed by atoms with Crippen molar-refractivity contribution >= 4 is 16.6 Å². The lowest BCUT2D eigenvalue weighted by atomic mass is 10.1. The van der Waals surface area contributed by atoms with Crippen LogP contribution >= 0.6 is 0 Å². The second kappa shape index (κ2) is 6.66. The summed E-state index contributed by atoms with van der Waals surface area (Å²) < 4.78 is 0. The summed E-state index contributed by atoms with van der Waals surface area (Å²) in [5.74, 6) is 1.56. The van der Waals surface area contributed by atoms with E-state index in [1.807, 2.05) is 13.0 Å². The molecule has 1 aromatic carbocycles. The first kappa shape index (κ1) is 14.7. The van der Waals surface area contributed by atoms with Gasteiger partial charge >= 0.3 is 0 Å². The van der Waals surface area contributed by atoms with E-state index in [1.165, 1.54) is 10.8 Å². The Morgan fingerprint density at radius 3 is 2.50 bits per heavy atom. The predicted octanol–water partition coefficient (Wildman–Crippen LogP) is 2.75. The van der Waals surface area contributed by atoms with Crippen LogP contribution in [0.3, 0.4) is 0 Å². The van der Waals surface area contributed by atoms with E-state index in [-0.39, 0.29) is 0 Å². The van der Waals surface area contributed by atoms with Crippen molar-refractivity contribution in [3.8, 4) is 0 Å². The molecule has 0 unspecified atom stereocenters. The Morgan fingerprint density at radius 2 is 1.85 bits per heavy atom. The predicted molar refractivity (Wildman–Crippen MR) is 85.0 cm³/mol. The molecule has 0 amide bonds. The molecular weight excluding hydrogens is 248 g/mol. The minimum absolute atomic E-state index is 0.578. The number of rotatable bonds is 6.